The summed E-state index contributed by atoms with van der Waals surface area (Å²) in [5.41, 5.74) is 6.25. The molecule has 8 heteroatoms. The van der Waals surface area contributed by atoms with Crippen molar-refractivity contribution < 1.29 is 8.42 Å². The lowest BCUT2D eigenvalue weighted by molar-refractivity contribution is 0.576. The molecule has 0 saturated carbocycles. The van der Waals surface area contributed by atoms with Crippen molar-refractivity contribution in [2.75, 3.05) is 6.54 Å². The van der Waals surface area contributed by atoms with E-state index in [9.17, 15) is 8.42 Å². The monoisotopic (exact) mass is 295 g/mol. The van der Waals surface area contributed by atoms with Crippen LogP contribution in [-0.2, 0) is 23.1 Å². The first kappa shape index (κ1) is 14.6. The molecule has 0 spiro atoms. The molecule has 0 aliphatic carbocycles. The predicted molar refractivity (Wildman–Crippen MR) is 74.2 cm³/mol. The van der Waals surface area contributed by atoms with Crippen LogP contribution in [0.15, 0.2) is 41.8 Å². The van der Waals surface area contributed by atoms with Crippen molar-refractivity contribution in [3.63, 3.8) is 0 Å². The van der Waals surface area contributed by atoms with Crippen molar-refractivity contribution in [2.45, 2.75) is 24.4 Å². The zero-order valence-corrected chi connectivity index (χ0v) is 11.8. The van der Waals surface area contributed by atoms with Crippen LogP contribution in [0, 0.1) is 0 Å². The third-order valence-electron chi connectivity index (χ3n) is 2.73. The Hall–Kier alpha value is -1.77. The number of rotatable bonds is 7. The van der Waals surface area contributed by atoms with E-state index in [0.29, 0.717) is 13.1 Å². The third kappa shape index (κ3) is 3.86. The molecule has 3 N–H and O–H groups in total. The maximum absolute atomic E-state index is 12.1. The second-order valence-corrected chi connectivity index (χ2v) is 6.03. The Morgan fingerprint density at radius 2 is 2.05 bits per heavy atom. The first-order valence-corrected chi connectivity index (χ1v) is 7.71. The number of nitrogens with two attached hydrogens (primary N) is 1. The second-order valence-electron chi connectivity index (χ2n) is 4.26. The molecule has 0 atom stereocenters. The summed E-state index contributed by atoms with van der Waals surface area (Å²) in [6.45, 7) is 1.37. The minimum absolute atomic E-state index is 0.156. The van der Waals surface area contributed by atoms with E-state index in [0.717, 1.165) is 12.0 Å². The minimum Gasteiger partial charge on any atom is -0.330 e. The molecule has 108 valence electrons. The van der Waals surface area contributed by atoms with Gasteiger partial charge in [-0.15, -0.1) is 0 Å². The van der Waals surface area contributed by atoms with Crippen molar-refractivity contribution in [1.82, 2.24) is 19.5 Å². The van der Waals surface area contributed by atoms with Crippen molar-refractivity contribution >= 4 is 10.0 Å². The van der Waals surface area contributed by atoms with Crippen LogP contribution >= 0.6 is 0 Å². The van der Waals surface area contributed by atoms with Crippen LogP contribution in [0.1, 0.15) is 12.0 Å². The molecule has 0 bridgehead atoms. The van der Waals surface area contributed by atoms with Crippen LogP contribution in [0.5, 0.6) is 0 Å². The molecule has 2 heterocycles. The highest BCUT2D eigenvalue weighted by molar-refractivity contribution is 7.89. The van der Waals surface area contributed by atoms with Crippen LogP contribution in [-0.4, -0.2) is 29.7 Å². The number of hydrogen-bond acceptors (Lipinski definition) is 5. The molecule has 0 saturated heterocycles. The van der Waals surface area contributed by atoms with Gasteiger partial charge in [0.1, 0.15) is 4.90 Å². The molecule has 2 rings (SSSR count). The van der Waals surface area contributed by atoms with E-state index in [2.05, 4.69) is 14.8 Å². The number of nitrogens with one attached hydrogen (secondary N) is 1. The maximum atomic E-state index is 12.1. The quantitative estimate of drug-likeness (QED) is 0.754. The summed E-state index contributed by atoms with van der Waals surface area (Å²) in [6.07, 6.45) is 6.84. The maximum Gasteiger partial charge on any atom is 0.243 e. The largest absolute Gasteiger partial charge is 0.330 e. The van der Waals surface area contributed by atoms with Gasteiger partial charge >= 0.3 is 0 Å². The molecule has 0 amide bonds. The topological polar surface area (TPSA) is 103 Å². The van der Waals surface area contributed by atoms with Crippen molar-refractivity contribution in [3.8, 4) is 0 Å². The van der Waals surface area contributed by atoms with Gasteiger partial charge in [0, 0.05) is 31.7 Å². The van der Waals surface area contributed by atoms with Crippen LogP contribution in [0.2, 0.25) is 0 Å². The fourth-order valence-corrected chi connectivity index (χ4v) is 2.59. The fraction of sp³-hybridized carbons (Fsp3) is 0.333. The highest BCUT2D eigenvalue weighted by Crippen LogP contribution is 2.08. The van der Waals surface area contributed by atoms with E-state index in [4.69, 9.17) is 5.73 Å². The average molecular weight is 295 g/mol. The molecule has 0 radical (unpaired) electrons. The number of aryl methyl sites for hydroxylation is 1. The highest BCUT2D eigenvalue weighted by atomic mass is 32.2. The first-order valence-electron chi connectivity index (χ1n) is 6.23. The van der Waals surface area contributed by atoms with Gasteiger partial charge in [-0.05, 0) is 30.7 Å². The zero-order valence-electron chi connectivity index (χ0n) is 10.9. The van der Waals surface area contributed by atoms with Crippen molar-refractivity contribution in [3.05, 3.63) is 42.5 Å². The lowest BCUT2D eigenvalue weighted by Crippen LogP contribution is -2.22. The molecular weight excluding hydrogens is 278 g/mol. The van der Waals surface area contributed by atoms with E-state index >= 15 is 0 Å². The molecule has 20 heavy (non-hydrogen) atoms. The molecule has 0 unspecified atom stereocenters. The summed E-state index contributed by atoms with van der Waals surface area (Å²) < 4.78 is 28.3. The molecule has 7 nitrogen and oxygen atoms in total. The summed E-state index contributed by atoms with van der Waals surface area (Å²) in [5, 5.41) is 4.01. The van der Waals surface area contributed by atoms with Gasteiger partial charge in [-0.2, -0.15) is 5.10 Å². The standard InChI is InChI=1S/C12H17N5O2S/c13-4-1-7-17-10-12(9-15-17)20(18,19)16-8-11-2-5-14-6-3-11/h2-3,5-6,9-10,16H,1,4,7-8,13H2. The first-order chi connectivity index (χ1) is 9.62. The molecule has 2 aromatic rings. The molecule has 0 aliphatic heterocycles. The van der Waals surface area contributed by atoms with Gasteiger partial charge in [0.2, 0.25) is 10.0 Å². The molecular formula is C12H17N5O2S. The second kappa shape index (κ2) is 6.60. The fourth-order valence-electron chi connectivity index (χ4n) is 1.62. The van der Waals surface area contributed by atoms with Gasteiger partial charge in [0.15, 0.2) is 0 Å². The van der Waals surface area contributed by atoms with E-state index in [1.54, 1.807) is 29.2 Å². The van der Waals surface area contributed by atoms with Gasteiger partial charge in [-0.25, -0.2) is 13.1 Å². The molecule has 2 aromatic heterocycles. The number of pyridine rings is 1. The van der Waals surface area contributed by atoms with Crippen LogP contribution in [0.3, 0.4) is 0 Å². The normalized spacial score (nSPS) is 11.7. The number of nitrogens with zero attached hydrogens (tertiary/aromatic N) is 3. The Morgan fingerprint density at radius 1 is 1.30 bits per heavy atom. The van der Waals surface area contributed by atoms with Gasteiger partial charge in [-0.1, -0.05) is 0 Å². The Balaban J connectivity index is 2.01. The Kier molecular flexibility index (Phi) is 4.83. The zero-order chi connectivity index (χ0) is 14.4. The van der Waals surface area contributed by atoms with Gasteiger partial charge in [-0.3, -0.25) is 9.67 Å². The van der Waals surface area contributed by atoms with Crippen LogP contribution in [0.25, 0.3) is 0 Å². The number of hydrogen-bond donors (Lipinski definition) is 2. The average Bonchev–Trinajstić information content (AvgIpc) is 2.94. The molecule has 0 aliphatic rings. The number of aromatic nitrogens is 3. The SMILES string of the molecule is NCCCn1cc(S(=O)(=O)NCc2ccncc2)cn1. The highest BCUT2D eigenvalue weighted by Gasteiger charge is 2.15. The lowest BCUT2D eigenvalue weighted by Gasteiger charge is -2.04. The van der Waals surface area contributed by atoms with E-state index in [1.807, 2.05) is 0 Å². The predicted octanol–water partition coefficient (Wildman–Crippen LogP) is 0.105. The van der Waals surface area contributed by atoms with Crippen LogP contribution in [0.4, 0.5) is 0 Å². The Morgan fingerprint density at radius 3 is 2.75 bits per heavy atom. The molecule has 0 aromatic carbocycles. The smallest absolute Gasteiger partial charge is 0.243 e. The van der Waals surface area contributed by atoms with E-state index < -0.39 is 10.0 Å². The van der Waals surface area contributed by atoms with Crippen molar-refractivity contribution in [2.24, 2.45) is 5.73 Å². The van der Waals surface area contributed by atoms with E-state index in [-0.39, 0.29) is 11.4 Å². The summed E-state index contributed by atoms with van der Waals surface area (Å²) in [5.74, 6) is 0. The minimum atomic E-state index is -3.55. The lowest BCUT2D eigenvalue weighted by atomic mass is 10.3. The third-order valence-corrected chi connectivity index (χ3v) is 4.08. The summed E-state index contributed by atoms with van der Waals surface area (Å²) in [6, 6.07) is 3.51. The van der Waals surface area contributed by atoms with E-state index in [1.165, 1.54) is 12.4 Å². The number of sulfonamides is 1. The Labute approximate surface area is 117 Å². The van der Waals surface area contributed by atoms with Crippen LogP contribution < -0.4 is 10.5 Å². The van der Waals surface area contributed by atoms with Gasteiger partial charge < -0.3 is 5.73 Å². The van der Waals surface area contributed by atoms with Gasteiger partial charge in [0.25, 0.3) is 0 Å². The summed E-state index contributed by atoms with van der Waals surface area (Å²) in [7, 11) is -3.55. The summed E-state index contributed by atoms with van der Waals surface area (Å²) in [4.78, 5) is 4.04. The van der Waals surface area contributed by atoms with Crippen molar-refractivity contribution in [1.29, 1.82) is 0 Å². The molecule has 0 fully saturated rings. The summed E-state index contributed by atoms with van der Waals surface area (Å²) >= 11 is 0. The van der Waals surface area contributed by atoms with Gasteiger partial charge in [0.05, 0.1) is 6.20 Å². The Bertz CT molecular complexity index is 639.